The summed E-state index contributed by atoms with van der Waals surface area (Å²) < 4.78 is 6.32. The van der Waals surface area contributed by atoms with Crippen LogP contribution in [0.2, 0.25) is 0 Å². The number of aliphatic imine (C=N–C) groups is 1. The Bertz CT molecular complexity index is 1310. The second-order valence-electron chi connectivity index (χ2n) is 9.86. The van der Waals surface area contributed by atoms with Crippen molar-refractivity contribution < 1.29 is 9.53 Å². The van der Waals surface area contributed by atoms with Crippen molar-refractivity contribution in [1.29, 1.82) is 0 Å². The quantitative estimate of drug-likeness (QED) is 0.384. The highest BCUT2D eigenvalue weighted by Gasteiger charge is 2.18. The highest BCUT2D eigenvalue weighted by atomic mass is 32.2. The molecule has 0 atom stereocenters. The number of benzene rings is 2. The molecule has 0 aliphatic carbocycles. The van der Waals surface area contributed by atoms with Crippen LogP contribution in [-0.4, -0.2) is 41.0 Å². The summed E-state index contributed by atoms with van der Waals surface area (Å²) in [5.41, 5.74) is 8.60. The number of fused-ring (bicyclic) bond motifs is 1. The van der Waals surface area contributed by atoms with Gasteiger partial charge in [0.2, 0.25) is 5.91 Å². The lowest BCUT2D eigenvalue weighted by molar-refractivity contribution is -0.119. The number of allylic oxidation sites excluding steroid dienone is 1. The summed E-state index contributed by atoms with van der Waals surface area (Å²) in [4.78, 5) is 22.7. The number of nitrogens with zero attached hydrogens (tertiary/aromatic N) is 2. The van der Waals surface area contributed by atoms with E-state index in [1.807, 2.05) is 69.8 Å². The molecule has 188 valence electrons. The van der Waals surface area contributed by atoms with Crippen LogP contribution in [0.3, 0.4) is 0 Å². The van der Waals surface area contributed by atoms with Gasteiger partial charge in [-0.05, 0) is 69.2 Å². The predicted octanol–water partition coefficient (Wildman–Crippen LogP) is 4.73. The third-order valence-electron chi connectivity index (χ3n) is 5.60. The van der Waals surface area contributed by atoms with Crippen molar-refractivity contribution in [1.82, 2.24) is 15.6 Å². The van der Waals surface area contributed by atoms with Gasteiger partial charge in [0, 0.05) is 47.2 Å². The second-order valence-corrected chi connectivity index (χ2v) is 11.2. The molecule has 0 spiro atoms. The van der Waals surface area contributed by atoms with Gasteiger partial charge >= 0.3 is 0 Å². The maximum Gasteiger partial charge on any atom is 0.228 e. The Morgan fingerprint density at radius 3 is 2.69 bits per heavy atom. The summed E-state index contributed by atoms with van der Waals surface area (Å²) in [5, 5.41) is 7.71. The van der Waals surface area contributed by atoms with Gasteiger partial charge in [-0.25, -0.2) is 0 Å². The number of aromatic nitrogens is 1. The van der Waals surface area contributed by atoms with Crippen LogP contribution in [0.25, 0.3) is 10.9 Å². The number of ether oxygens (including phenoxy) is 1. The molecular formula is C28H33N5O2S. The molecule has 4 rings (SSSR count). The van der Waals surface area contributed by atoms with Crippen LogP contribution < -0.4 is 21.1 Å². The number of nitrogens with two attached hydrogens (primary N) is 1. The van der Waals surface area contributed by atoms with Gasteiger partial charge in [-0.3, -0.25) is 14.8 Å². The van der Waals surface area contributed by atoms with Gasteiger partial charge in [-0.1, -0.05) is 12.1 Å². The molecule has 1 aromatic heterocycles. The molecule has 1 aliphatic heterocycles. The first kappa shape index (κ1) is 25.7. The van der Waals surface area contributed by atoms with Gasteiger partial charge in [0.05, 0.1) is 23.2 Å². The number of amides is 1. The summed E-state index contributed by atoms with van der Waals surface area (Å²) in [6.45, 7) is 9.99. The van der Waals surface area contributed by atoms with Crippen LogP contribution in [0.1, 0.15) is 31.9 Å². The first-order chi connectivity index (χ1) is 17.2. The number of carbonyl (C=O) groups is 1. The number of rotatable bonds is 8. The fourth-order valence-electron chi connectivity index (χ4n) is 3.63. The zero-order valence-electron chi connectivity index (χ0n) is 21.2. The second kappa shape index (κ2) is 11.1. The minimum atomic E-state index is -0.249. The van der Waals surface area contributed by atoms with Gasteiger partial charge in [0.1, 0.15) is 11.5 Å². The zero-order valence-corrected chi connectivity index (χ0v) is 22.0. The van der Waals surface area contributed by atoms with E-state index in [9.17, 15) is 4.79 Å². The molecule has 0 bridgehead atoms. The normalized spacial score (nSPS) is 14.7. The maximum absolute atomic E-state index is 12.6. The van der Waals surface area contributed by atoms with Crippen LogP contribution in [-0.2, 0) is 11.2 Å². The van der Waals surface area contributed by atoms with Crippen molar-refractivity contribution in [2.24, 2.45) is 10.7 Å². The molecule has 1 amide bonds. The van der Waals surface area contributed by atoms with E-state index in [2.05, 4.69) is 32.7 Å². The van der Waals surface area contributed by atoms with E-state index in [0.29, 0.717) is 10.9 Å². The first-order valence-corrected chi connectivity index (χ1v) is 12.9. The number of nitrogens with one attached hydrogen (secondary N) is 2. The average molecular weight is 504 g/mol. The first-order valence-electron chi connectivity index (χ1n) is 12.0. The molecular weight excluding hydrogens is 470 g/mol. The van der Waals surface area contributed by atoms with Crippen molar-refractivity contribution in [2.45, 2.75) is 49.8 Å². The van der Waals surface area contributed by atoms with Crippen molar-refractivity contribution in [3.05, 3.63) is 71.7 Å². The van der Waals surface area contributed by atoms with E-state index in [-0.39, 0.29) is 17.9 Å². The van der Waals surface area contributed by atoms with Crippen LogP contribution in [0.5, 0.6) is 11.5 Å². The van der Waals surface area contributed by atoms with Gasteiger partial charge < -0.3 is 21.1 Å². The molecule has 2 aromatic carbocycles. The number of pyridine rings is 1. The van der Waals surface area contributed by atoms with E-state index < -0.39 is 0 Å². The molecule has 1 saturated heterocycles. The number of thioether (sulfide) groups is 1. The third kappa shape index (κ3) is 6.86. The molecule has 0 radical (unpaired) electrons. The van der Waals surface area contributed by atoms with Crippen molar-refractivity contribution in [3.8, 4) is 11.5 Å². The van der Waals surface area contributed by atoms with Crippen LogP contribution in [0.4, 0.5) is 0 Å². The minimum absolute atomic E-state index is 0.160. The summed E-state index contributed by atoms with van der Waals surface area (Å²) in [6, 6.07) is 14.0. The lowest BCUT2D eigenvalue weighted by Crippen LogP contribution is -2.44. The minimum Gasteiger partial charge on any atom is -0.456 e. The topological polar surface area (TPSA) is 102 Å². The molecule has 8 heteroatoms. The Morgan fingerprint density at radius 2 is 2.03 bits per heavy atom. The van der Waals surface area contributed by atoms with E-state index in [1.165, 1.54) is 11.1 Å². The molecule has 1 aliphatic rings. The fourth-order valence-corrected chi connectivity index (χ4v) is 4.75. The highest BCUT2D eigenvalue weighted by molar-refractivity contribution is 8.00. The van der Waals surface area contributed by atoms with E-state index in [4.69, 9.17) is 10.5 Å². The number of carbonyl (C=O) groups excluding carboxylic acids is 1. The number of hydrogen-bond acceptors (Lipinski definition) is 7. The van der Waals surface area contributed by atoms with Crippen molar-refractivity contribution in [3.63, 3.8) is 0 Å². The standard InChI is InChI=1S/C28H33N5O2S/c1-18-11-19(12-27(34)33-20(14-29)15-32-28(2,3)4)5-8-25(18)35-26-9-10-31-24-7-6-21(13-23(24)26)36-22-16-30-17-22/h5-11,13-15,22,30H,12,16-17,29H2,1-4H3,(H,33,34). The molecule has 2 heterocycles. The monoisotopic (exact) mass is 503 g/mol. The van der Waals surface area contributed by atoms with Crippen LogP contribution in [0.15, 0.2) is 70.4 Å². The molecule has 7 nitrogen and oxygen atoms in total. The lowest BCUT2D eigenvalue weighted by Gasteiger charge is -2.26. The number of hydrogen-bond donors (Lipinski definition) is 3. The molecule has 0 unspecified atom stereocenters. The summed E-state index contributed by atoms with van der Waals surface area (Å²) in [7, 11) is 0. The Hall–Kier alpha value is -3.36. The zero-order chi connectivity index (χ0) is 25.7. The fraction of sp³-hybridized carbons (Fsp3) is 0.321. The third-order valence-corrected chi connectivity index (χ3v) is 6.79. The van der Waals surface area contributed by atoms with Gasteiger partial charge in [-0.15, -0.1) is 11.8 Å². The van der Waals surface area contributed by atoms with Crippen molar-refractivity contribution >= 4 is 34.8 Å². The SMILES string of the molecule is Cc1cc(CC(=O)NC(C=NC(C)(C)C)=CN)ccc1Oc1ccnc2ccc(SC3CNC3)cc12. The summed E-state index contributed by atoms with van der Waals surface area (Å²) >= 11 is 1.88. The van der Waals surface area contributed by atoms with Gasteiger partial charge in [-0.2, -0.15) is 0 Å². The molecule has 3 aromatic rings. The van der Waals surface area contributed by atoms with Gasteiger partial charge in [0.15, 0.2) is 0 Å². The molecule has 1 fully saturated rings. The van der Waals surface area contributed by atoms with Crippen LogP contribution >= 0.6 is 11.8 Å². The molecule has 0 saturated carbocycles. The highest BCUT2D eigenvalue weighted by Crippen LogP contribution is 2.34. The largest absolute Gasteiger partial charge is 0.456 e. The lowest BCUT2D eigenvalue weighted by atomic mass is 10.1. The number of aryl methyl sites for hydroxylation is 1. The predicted molar refractivity (Wildman–Crippen MR) is 148 cm³/mol. The molecule has 4 N–H and O–H groups in total. The van der Waals surface area contributed by atoms with Crippen LogP contribution in [0, 0.1) is 6.92 Å². The Balaban J connectivity index is 1.45. The van der Waals surface area contributed by atoms with E-state index >= 15 is 0 Å². The Labute approximate surface area is 216 Å². The summed E-state index contributed by atoms with van der Waals surface area (Å²) in [6.07, 6.45) is 4.92. The maximum atomic E-state index is 12.6. The van der Waals surface area contributed by atoms with E-state index in [1.54, 1.807) is 12.4 Å². The van der Waals surface area contributed by atoms with Crippen molar-refractivity contribution in [2.75, 3.05) is 13.1 Å². The Kier molecular flexibility index (Phi) is 7.96. The smallest absolute Gasteiger partial charge is 0.228 e. The van der Waals surface area contributed by atoms with Gasteiger partial charge in [0.25, 0.3) is 0 Å². The Morgan fingerprint density at radius 1 is 1.22 bits per heavy atom. The molecule has 36 heavy (non-hydrogen) atoms. The summed E-state index contributed by atoms with van der Waals surface area (Å²) in [5.74, 6) is 1.35. The van der Waals surface area contributed by atoms with E-state index in [0.717, 1.165) is 46.6 Å². The average Bonchev–Trinajstić information content (AvgIpc) is 2.80.